The molecule has 2 aromatic heterocycles. The maximum Gasteiger partial charge on any atom is 0.195 e. The topological polar surface area (TPSA) is 43.6 Å². The first-order chi connectivity index (χ1) is 12.3. The van der Waals surface area contributed by atoms with Crippen molar-refractivity contribution in [3.05, 3.63) is 60.4 Å². The van der Waals surface area contributed by atoms with Gasteiger partial charge in [0.25, 0.3) is 0 Å². The molecule has 0 bridgehead atoms. The van der Waals surface area contributed by atoms with E-state index in [0.717, 1.165) is 38.0 Å². The third-order valence-electron chi connectivity index (χ3n) is 3.59. The quantitative estimate of drug-likeness (QED) is 0.423. The Labute approximate surface area is 158 Å². The zero-order valence-electron chi connectivity index (χ0n) is 13.6. The van der Waals surface area contributed by atoms with Crippen LogP contribution >= 0.6 is 34.9 Å². The number of fused-ring (bicyclic) bond motifs is 1. The van der Waals surface area contributed by atoms with E-state index in [0.29, 0.717) is 0 Å². The van der Waals surface area contributed by atoms with E-state index in [-0.39, 0.29) is 0 Å². The maximum atomic E-state index is 4.69. The van der Waals surface area contributed by atoms with Crippen LogP contribution in [-0.4, -0.2) is 25.5 Å². The number of benzene rings is 2. The van der Waals surface area contributed by atoms with E-state index in [4.69, 9.17) is 4.98 Å². The molecule has 4 rings (SSSR count). The smallest absolute Gasteiger partial charge is 0.195 e. The van der Waals surface area contributed by atoms with Crippen molar-refractivity contribution in [3.8, 4) is 5.69 Å². The lowest BCUT2D eigenvalue weighted by Crippen LogP contribution is -2.01. The first-order valence-corrected chi connectivity index (χ1v) is 10.7. The fraction of sp³-hybridized carbons (Fsp3) is 0.167. The molecule has 4 nitrogen and oxygen atoms in total. The second-order valence-electron chi connectivity index (χ2n) is 5.24. The molecule has 0 saturated heterocycles. The minimum atomic E-state index is 0.742. The van der Waals surface area contributed by atoms with E-state index < -0.39 is 0 Å². The molecule has 0 aliphatic carbocycles. The first-order valence-electron chi connectivity index (χ1n) is 7.96. The maximum absolute atomic E-state index is 4.69. The molecule has 0 saturated carbocycles. The van der Waals surface area contributed by atoms with Crippen molar-refractivity contribution >= 4 is 45.1 Å². The molecule has 0 radical (unpaired) electrons. The number of thioether (sulfide) groups is 2. The van der Waals surface area contributed by atoms with Crippen LogP contribution in [0.5, 0.6) is 0 Å². The van der Waals surface area contributed by atoms with Crippen LogP contribution in [-0.2, 0) is 5.75 Å². The Morgan fingerprint density at radius 2 is 1.76 bits per heavy atom. The van der Waals surface area contributed by atoms with Gasteiger partial charge < -0.3 is 0 Å². The third kappa shape index (κ3) is 3.58. The van der Waals surface area contributed by atoms with Gasteiger partial charge in [0.1, 0.15) is 5.82 Å². The Bertz CT molecular complexity index is 945. The van der Waals surface area contributed by atoms with Gasteiger partial charge in [0.2, 0.25) is 0 Å². The average Bonchev–Trinajstić information content (AvgIpc) is 3.24. The summed E-state index contributed by atoms with van der Waals surface area (Å²) in [5, 5.41) is 9.75. The number of nitrogens with zero attached hydrogens (tertiary/aromatic N) is 4. The Morgan fingerprint density at radius 3 is 2.56 bits per heavy atom. The fourth-order valence-electron chi connectivity index (χ4n) is 2.49. The zero-order valence-corrected chi connectivity index (χ0v) is 16.1. The molecule has 0 aliphatic rings. The second kappa shape index (κ2) is 7.59. The lowest BCUT2D eigenvalue weighted by atomic mass is 10.3. The highest BCUT2D eigenvalue weighted by molar-refractivity contribution is 8.00. The molecule has 4 aromatic rings. The Balaban J connectivity index is 1.61. The van der Waals surface area contributed by atoms with Crippen LogP contribution in [0.4, 0.5) is 0 Å². The minimum absolute atomic E-state index is 0.742. The highest BCUT2D eigenvalue weighted by Crippen LogP contribution is 2.32. The summed E-state index contributed by atoms with van der Waals surface area (Å²) < 4.78 is 4.43. The second-order valence-corrected chi connectivity index (χ2v) is 8.72. The first kappa shape index (κ1) is 16.6. The van der Waals surface area contributed by atoms with Crippen molar-refractivity contribution < 1.29 is 0 Å². The molecule has 2 aromatic carbocycles. The van der Waals surface area contributed by atoms with E-state index >= 15 is 0 Å². The van der Waals surface area contributed by atoms with Crippen molar-refractivity contribution in [2.45, 2.75) is 22.2 Å². The van der Waals surface area contributed by atoms with Crippen molar-refractivity contribution in [2.24, 2.45) is 0 Å². The summed E-state index contributed by atoms with van der Waals surface area (Å²) in [6.45, 7) is 2.13. The van der Waals surface area contributed by atoms with E-state index in [1.807, 2.05) is 24.3 Å². The summed E-state index contributed by atoms with van der Waals surface area (Å²) in [5.41, 5.74) is 2.16. The van der Waals surface area contributed by atoms with Crippen LogP contribution in [0, 0.1) is 0 Å². The van der Waals surface area contributed by atoms with Crippen LogP contribution in [0.25, 0.3) is 15.9 Å². The van der Waals surface area contributed by atoms with Crippen molar-refractivity contribution in [3.63, 3.8) is 0 Å². The Kier molecular flexibility index (Phi) is 5.05. The van der Waals surface area contributed by atoms with Crippen LogP contribution in [0.2, 0.25) is 0 Å². The van der Waals surface area contributed by atoms with Gasteiger partial charge in [-0.1, -0.05) is 60.8 Å². The van der Waals surface area contributed by atoms with Gasteiger partial charge in [-0.15, -0.1) is 21.5 Å². The van der Waals surface area contributed by atoms with Crippen LogP contribution in [0.15, 0.2) is 64.1 Å². The largest absolute Gasteiger partial charge is 0.273 e. The predicted molar refractivity (Wildman–Crippen MR) is 107 cm³/mol. The third-order valence-corrected chi connectivity index (χ3v) is 6.57. The van der Waals surface area contributed by atoms with Crippen LogP contribution in [0.3, 0.4) is 0 Å². The minimum Gasteiger partial charge on any atom is -0.273 e. The van der Waals surface area contributed by atoms with Crippen LogP contribution < -0.4 is 0 Å². The summed E-state index contributed by atoms with van der Waals surface area (Å²) >= 11 is 5.15. The van der Waals surface area contributed by atoms with Gasteiger partial charge in [0.05, 0.1) is 16.0 Å². The monoisotopic (exact) mass is 384 g/mol. The number of hydrogen-bond acceptors (Lipinski definition) is 6. The summed E-state index contributed by atoms with van der Waals surface area (Å²) in [6, 6.07) is 18.5. The highest BCUT2D eigenvalue weighted by Gasteiger charge is 2.15. The van der Waals surface area contributed by atoms with Gasteiger partial charge in [-0.3, -0.25) is 4.57 Å². The molecule has 0 unspecified atom stereocenters. The van der Waals surface area contributed by atoms with Gasteiger partial charge in [-0.05, 0) is 30.0 Å². The summed E-state index contributed by atoms with van der Waals surface area (Å²) in [4.78, 5) is 4.69. The number of aromatic nitrogens is 4. The molecule has 126 valence electrons. The standard InChI is InChI=1S/C18H16N4S3/c1-2-23-17-21-20-16(22(17)13-8-4-3-5-9-13)12-24-18-19-14-10-6-7-11-15(14)25-18/h3-11H,2,12H2,1H3. The van der Waals surface area contributed by atoms with Gasteiger partial charge in [-0.25, -0.2) is 4.98 Å². The SMILES string of the molecule is CCSc1nnc(CSc2nc3ccccc3s2)n1-c1ccccc1. The highest BCUT2D eigenvalue weighted by atomic mass is 32.2. The van der Waals surface area contributed by atoms with Gasteiger partial charge >= 0.3 is 0 Å². The molecule has 0 N–H and O–H groups in total. The van der Waals surface area contributed by atoms with E-state index in [1.165, 1.54) is 4.70 Å². The molecule has 7 heteroatoms. The molecular weight excluding hydrogens is 368 g/mol. The van der Waals surface area contributed by atoms with E-state index in [1.54, 1.807) is 34.9 Å². The Hall–Kier alpha value is -1.83. The van der Waals surface area contributed by atoms with Gasteiger partial charge in [-0.2, -0.15) is 0 Å². The zero-order chi connectivity index (χ0) is 17.1. The Morgan fingerprint density at radius 1 is 0.960 bits per heavy atom. The molecule has 0 aliphatic heterocycles. The van der Waals surface area contributed by atoms with Gasteiger partial charge in [0.15, 0.2) is 9.50 Å². The van der Waals surface area contributed by atoms with Crippen LogP contribution in [0.1, 0.15) is 12.7 Å². The fourth-order valence-corrected chi connectivity index (χ4v) is 5.17. The average molecular weight is 385 g/mol. The summed E-state index contributed by atoms with van der Waals surface area (Å²) in [7, 11) is 0. The molecule has 0 atom stereocenters. The van der Waals surface area contributed by atoms with Gasteiger partial charge in [0, 0.05) is 5.69 Å². The van der Waals surface area contributed by atoms with E-state index in [9.17, 15) is 0 Å². The van der Waals surface area contributed by atoms with Crippen molar-refractivity contribution in [2.75, 3.05) is 5.75 Å². The normalized spacial score (nSPS) is 11.2. The number of thiazole rings is 1. The van der Waals surface area contributed by atoms with E-state index in [2.05, 4.69) is 52.0 Å². The summed E-state index contributed by atoms with van der Waals surface area (Å²) in [5.74, 6) is 2.66. The van der Waals surface area contributed by atoms with Crippen molar-refractivity contribution in [1.82, 2.24) is 19.7 Å². The molecule has 0 fully saturated rings. The lowest BCUT2D eigenvalue weighted by molar-refractivity contribution is 0.865. The molecule has 2 heterocycles. The number of hydrogen-bond donors (Lipinski definition) is 0. The number of rotatable bonds is 6. The van der Waals surface area contributed by atoms with Crippen molar-refractivity contribution in [1.29, 1.82) is 0 Å². The molecule has 25 heavy (non-hydrogen) atoms. The predicted octanol–water partition coefficient (Wildman–Crippen LogP) is 5.28. The number of para-hydroxylation sites is 2. The lowest BCUT2D eigenvalue weighted by Gasteiger charge is -2.09. The molecule has 0 amide bonds. The molecular formula is C18H16N4S3. The summed E-state index contributed by atoms with van der Waals surface area (Å²) in [6.07, 6.45) is 0. The molecule has 0 spiro atoms.